The molecule has 1 heterocycles. The number of carboxylic acids is 2. The number of unbranched alkanes of at least 4 members (excludes halogenated alkanes) is 1. The number of aliphatic carboxylic acids is 2. The summed E-state index contributed by atoms with van der Waals surface area (Å²) in [6.07, 6.45) is 3.51. The summed E-state index contributed by atoms with van der Waals surface area (Å²) in [5, 5.41) is 22.6. The molecule has 2 rings (SSSR count). The van der Waals surface area contributed by atoms with E-state index in [2.05, 4.69) is 5.32 Å². The van der Waals surface area contributed by atoms with Gasteiger partial charge < -0.3 is 20.4 Å². The van der Waals surface area contributed by atoms with Gasteiger partial charge in [0.25, 0.3) is 0 Å². The third-order valence-electron chi connectivity index (χ3n) is 5.11. The molecule has 0 aromatic heterocycles. The number of carbonyl (C=O) groups excluding carboxylic acids is 1. The number of carboxylic acid groups (broad SMARTS) is 2. The summed E-state index contributed by atoms with van der Waals surface area (Å²) in [7, 11) is 0. The zero-order valence-corrected chi connectivity index (χ0v) is 16.5. The number of aryl methyl sites for hydroxylation is 1. The highest BCUT2D eigenvalue weighted by Crippen LogP contribution is 2.18. The van der Waals surface area contributed by atoms with Gasteiger partial charge in [-0.05, 0) is 50.6 Å². The van der Waals surface area contributed by atoms with Gasteiger partial charge in [0.1, 0.15) is 12.1 Å². The molecular weight excluding hydrogens is 376 g/mol. The van der Waals surface area contributed by atoms with Crippen molar-refractivity contribution in [2.24, 2.45) is 5.84 Å². The van der Waals surface area contributed by atoms with Crippen LogP contribution in [0.1, 0.15) is 37.7 Å². The molecule has 1 fully saturated rings. The minimum atomic E-state index is -1.01. The van der Waals surface area contributed by atoms with Gasteiger partial charge in [0.05, 0.1) is 0 Å². The minimum Gasteiger partial charge on any atom is -0.480 e. The first-order valence-corrected chi connectivity index (χ1v) is 9.96. The van der Waals surface area contributed by atoms with E-state index >= 15 is 0 Å². The lowest BCUT2D eigenvalue weighted by atomic mass is 10.1. The van der Waals surface area contributed by atoms with Crippen LogP contribution in [0.3, 0.4) is 0 Å². The van der Waals surface area contributed by atoms with Crippen molar-refractivity contribution in [1.29, 1.82) is 0 Å². The smallest absolute Gasteiger partial charge is 0.334 e. The van der Waals surface area contributed by atoms with E-state index in [1.807, 2.05) is 30.3 Å². The molecule has 2 amide bonds. The van der Waals surface area contributed by atoms with Gasteiger partial charge in [-0.3, -0.25) is 9.80 Å². The molecule has 0 radical (unpaired) electrons. The Balaban J connectivity index is 1.67. The van der Waals surface area contributed by atoms with Crippen molar-refractivity contribution in [3.63, 3.8) is 0 Å². The van der Waals surface area contributed by atoms with Gasteiger partial charge in [0.2, 0.25) is 0 Å². The second-order valence-electron chi connectivity index (χ2n) is 7.24. The Kier molecular flexibility index (Phi) is 8.88. The number of benzene rings is 1. The molecule has 160 valence electrons. The first-order valence-electron chi connectivity index (χ1n) is 9.96. The standard InChI is InChI=1S/C20H30N4O5/c21-24(20(29)23-13-6-9-17(23)19(27)28)14-5-4-12-22-16(18(25)26)11-10-15-7-2-1-3-8-15/h1-3,7-8,16-17,22H,4-6,9-14,21H2,(H,25,26)(H,27,28)/t16?,17-/m0/s1. The van der Waals surface area contributed by atoms with E-state index in [9.17, 15) is 19.5 Å². The van der Waals surface area contributed by atoms with Gasteiger partial charge in [-0.2, -0.15) is 0 Å². The number of nitrogens with one attached hydrogen (secondary N) is 1. The number of hydrogen-bond acceptors (Lipinski definition) is 5. The number of hydrazine groups is 1. The van der Waals surface area contributed by atoms with Crippen molar-refractivity contribution in [2.45, 2.75) is 50.6 Å². The molecule has 0 bridgehead atoms. The number of amides is 2. The molecule has 1 saturated heterocycles. The predicted molar refractivity (Wildman–Crippen MR) is 107 cm³/mol. The van der Waals surface area contributed by atoms with Gasteiger partial charge in [0, 0.05) is 13.1 Å². The van der Waals surface area contributed by atoms with Crippen LogP contribution in [0.4, 0.5) is 4.79 Å². The number of likely N-dealkylation sites (tertiary alicyclic amines) is 1. The van der Waals surface area contributed by atoms with Crippen LogP contribution in [0.2, 0.25) is 0 Å². The van der Waals surface area contributed by atoms with E-state index in [4.69, 9.17) is 10.9 Å². The summed E-state index contributed by atoms with van der Waals surface area (Å²) in [5.41, 5.74) is 1.10. The normalized spacial score (nSPS) is 17.1. The van der Waals surface area contributed by atoms with Crippen LogP contribution in [0, 0.1) is 0 Å². The highest BCUT2D eigenvalue weighted by atomic mass is 16.4. The maximum Gasteiger partial charge on any atom is 0.334 e. The second-order valence-corrected chi connectivity index (χ2v) is 7.24. The van der Waals surface area contributed by atoms with Gasteiger partial charge in [0.15, 0.2) is 0 Å². The fraction of sp³-hybridized carbons (Fsp3) is 0.550. The lowest BCUT2D eigenvalue weighted by Crippen LogP contribution is -2.51. The SMILES string of the molecule is NN(CCCCNC(CCc1ccccc1)C(=O)O)C(=O)N1CCC[C@H]1C(=O)O. The highest BCUT2D eigenvalue weighted by molar-refractivity contribution is 5.83. The summed E-state index contributed by atoms with van der Waals surface area (Å²) in [5.74, 6) is 3.90. The first-order chi connectivity index (χ1) is 13.9. The average Bonchev–Trinajstić information content (AvgIpc) is 3.20. The van der Waals surface area contributed by atoms with E-state index in [1.165, 1.54) is 4.90 Å². The molecule has 29 heavy (non-hydrogen) atoms. The molecule has 0 saturated carbocycles. The van der Waals surface area contributed by atoms with E-state index < -0.39 is 30.1 Å². The van der Waals surface area contributed by atoms with Crippen LogP contribution < -0.4 is 11.2 Å². The number of urea groups is 1. The molecular formula is C20H30N4O5. The number of nitrogens with two attached hydrogens (primary N) is 1. The van der Waals surface area contributed by atoms with Crippen molar-refractivity contribution in [3.05, 3.63) is 35.9 Å². The summed E-state index contributed by atoms with van der Waals surface area (Å²) >= 11 is 0. The quantitative estimate of drug-likeness (QED) is 0.188. The van der Waals surface area contributed by atoms with Crippen LogP contribution in [0.15, 0.2) is 30.3 Å². The third kappa shape index (κ3) is 7.03. The Labute approximate surface area is 170 Å². The zero-order chi connectivity index (χ0) is 21.2. The molecule has 9 nitrogen and oxygen atoms in total. The molecule has 1 aliphatic heterocycles. The first kappa shape index (κ1) is 22.6. The molecule has 0 aliphatic carbocycles. The molecule has 0 spiro atoms. The fourth-order valence-electron chi connectivity index (χ4n) is 3.46. The molecule has 9 heteroatoms. The number of nitrogens with zero attached hydrogens (tertiary/aromatic N) is 2. The van der Waals surface area contributed by atoms with Gasteiger partial charge >= 0.3 is 18.0 Å². The van der Waals surface area contributed by atoms with Crippen molar-refractivity contribution in [2.75, 3.05) is 19.6 Å². The van der Waals surface area contributed by atoms with Gasteiger partial charge in [-0.25, -0.2) is 15.4 Å². The van der Waals surface area contributed by atoms with Crippen LogP contribution in [0.25, 0.3) is 0 Å². The van der Waals surface area contributed by atoms with E-state index in [-0.39, 0.29) is 6.54 Å². The van der Waals surface area contributed by atoms with Crippen molar-refractivity contribution in [1.82, 2.24) is 15.2 Å². The number of hydrogen-bond donors (Lipinski definition) is 4. The number of carbonyl (C=O) groups is 3. The summed E-state index contributed by atoms with van der Waals surface area (Å²) in [6, 6.07) is 7.81. The third-order valence-corrected chi connectivity index (χ3v) is 5.11. The molecule has 1 unspecified atom stereocenters. The Bertz CT molecular complexity index is 685. The topological polar surface area (TPSA) is 136 Å². The largest absolute Gasteiger partial charge is 0.480 e. The monoisotopic (exact) mass is 406 g/mol. The lowest BCUT2D eigenvalue weighted by molar-refractivity contribution is -0.141. The van der Waals surface area contributed by atoms with Crippen molar-refractivity contribution >= 4 is 18.0 Å². The summed E-state index contributed by atoms with van der Waals surface area (Å²) < 4.78 is 0. The van der Waals surface area contributed by atoms with Crippen LogP contribution in [-0.2, 0) is 16.0 Å². The lowest BCUT2D eigenvalue weighted by Gasteiger charge is -2.27. The molecule has 1 aliphatic rings. The van der Waals surface area contributed by atoms with Gasteiger partial charge in [-0.15, -0.1) is 0 Å². The molecule has 2 atom stereocenters. The Hall–Kier alpha value is -2.65. The van der Waals surface area contributed by atoms with Crippen LogP contribution >= 0.6 is 0 Å². The molecule has 1 aromatic rings. The predicted octanol–water partition coefficient (Wildman–Crippen LogP) is 1.29. The van der Waals surface area contributed by atoms with Crippen LogP contribution in [0.5, 0.6) is 0 Å². The maximum atomic E-state index is 12.3. The van der Waals surface area contributed by atoms with Crippen LogP contribution in [-0.4, -0.2) is 69.8 Å². The van der Waals surface area contributed by atoms with E-state index in [0.717, 1.165) is 10.6 Å². The van der Waals surface area contributed by atoms with E-state index in [0.29, 0.717) is 51.6 Å². The molecule has 1 aromatic carbocycles. The highest BCUT2D eigenvalue weighted by Gasteiger charge is 2.35. The van der Waals surface area contributed by atoms with Gasteiger partial charge in [-0.1, -0.05) is 30.3 Å². The van der Waals surface area contributed by atoms with E-state index in [1.54, 1.807) is 0 Å². The second kappa shape index (κ2) is 11.4. The Morgan fingerprint density at radius 1 is 1.21 bits per heavy atom. The molecule has 5 N–H and O–H groups in total. The van der Waals surface area contributed by atoms with Crippen molar-refractivity contribution < 1.29 is 24.6 Å². The Morgan fingerprint density at radius 3 is 2.59 bits per heavy atom. The minimum absolute atomic E-state index is 0.283. The Morgan fingerprint density at radius 2 is 1.93 bits per heavy atom. The summed E-state index contributed by atoms with van der Waals surface area (Å²) in [4.78, 5) is 36.2. The number of rotatable bonds is 11. The fourth-order valence-corrected chi connectivity index (χ4v) is 3.46. The summed E-state index contributed by atoms with van der Waals surface area (Å²) in [6.45, 7) is 1.17. The van der Waals surface area contributed by atoms with Crippen molar-refractivity contribution in [3.8, 4) is 0 Å². The zero-order valence-electron chi connectivity index (χ0n) is 16.5. The average molecular weight is 406 g/mol. The maximum absolute atomic E-state index is 12.3.